The topological polar surface area (TPSA) is 52.6 Å². The number of carbonyl (C=O) groups excluding carboxylic acids is 1. The van der Waals surface area contributed by atoms with Crippen molar-refractivity contribution in [3.05, 3.63) is 48.0 Å². The zero-order chi connectivity index (χ0) is 15.8. The van der Waals surface area contributed by atoms with E-state index in [1.807, 2.05) is 17.0 Å². The summed E-state index contributed by atoms with van der Waals surface area (Å²) in [5.41, 5.74) is 1.17. The number of carbonyl (C=O) groups is 1. The van der Waals surface area contributed by atoms with Gasteiger partial charge in [-0.2, -0.15) is 0 Å². The number of nitrogens with zero attached hydrogens (tertiary/aromatic N) is 1. The van der Waals surface area contributed by atoms with E-state index in [4.69, 9.17) is 0 Å². The van der Waals surface area contributed by atoms with Gasteiger partial charge in [-0.3, -0.25) is 4.79 Å². The molecule has 0 aromatic heterocycles. The van der Waals surface area contributed by atoms with E-state index in [0.717, 1.165) is 26.1 Å². The molecule has 0 saturated carbocycles. The Labute approximate surface area is 148 Å². The molecule has 5 heteroatoms. The second-order valence-corrected chi connectivity index (χ2v) is 6.71. The normalized spacial score (nSPS) is 24.3. The summed E-state index contributed by atoms with van der Waals surface area (Å²) in [4.78, 5) is 14.2. The summed E-state index contributed by atoms with van der Waals surface area (Å²) in [6.07, 6.45) is 0.340. The van der Waals surface area contributed by atoms with Crippen LogP contribution < -0.4 is 5.32 Å². The van der Waals surface area contributed by atoms with Crippen LogP contribution in [0.3, 0.4) is 0 Å². The number of rotatable bonds is 2. The summed E-state index contributed by atoms with van der Waals surface area (Å²) in [5.74, 6) is 0.419. The molecule has 0 aliphatic carbocycles. The number of piperidine rings is 1. The number of hydrogen-bond acceptors (Lipinski definition) is 3. The van der Waals surface area contributed by atoms with Crippen molar-refractivity contribution in [3.8, 4) is 0 Å². The molecule has 2 fully saturated rings. The van der Waals surface area contributed by atoms with Gasteiger partial charge in [0.2, 0.25) is 5.91 Å². The maximum Gasteiger partial charge on any atom is 0.228 e. The molecule has 128 valence electrons. The van der Waals surface area contributed by atoms with E-state index in [2.05, 4.69) is 35.6 Å². The Hall–Kier alpha value is -1.62. The first kappa shape index (κ1) is 17.2. The number of amides is 1. The first-order chi connectivity index (χ1) is 11.2. The summed E-state index contributed by atoms with van der Waals surface area (Å²) in [7, 11) is 0. The standard InChI is InChI=1S/C19H22N2O2.ClH/c22-18-12-21(19(23)16-10-20-11-16)8-7-17(18)15-6-5-13-3-1-2-4-14(13)9-15;/h1-6,9,16-18,20,22H,7-8,10-12H2;1H/t17-,18+;/m0./s1. The third-order valence-corrected chi connectivity index (χ3v) is 5.23. The zero-order valence-electron chi connectivity index (χ0n) is 13.5. The average Bonchev–Trinajstić information content (AvgIpc) is 2.52. The van der Waals surface area contributed by atoms with Crippen molar-refractivity contribution in [1.29, 1.82) is 0 Å². The molecule has 24 heavy (non-hydrogen) atoms. The summed E-state index contributed by atoms with van der Waals surface area (Å²) in [6.45, 7) is 2.75. The summed E-state index contributed by atoms with van der Waals surface area (Å²) in [6, 6.07) is 14.7. The second kappa shape index (κ2) is 7.09. The lowest BCUT2D eigenvalue weighted by molar-refractivity contribution is -0.140. The quantitative estimate of drug-likeness (QED) is 0.876. The Morgan fingerprint density at radius 1 is 1.12 bits per heavy atom. The van der Waals surface area contributed by atoms with Gasteiger partial charge in [0.25, 0.3) is 0 Å². The predicted molar refractivity (Wildman–Crippen MR) is 97.5 cm³/mol. The monoisotopic (exact) mass is 346 g/mol. The minimum absolute atomic E-state index is 0. The van der Waals surface area contributed by atoms with Gasteiger partial charge in [-0.25, -0.2) is 0 Å². The van der Waals surface area contributed by atoms with Crippen LogP contribution in [0.25, 0.3) is 10.8 Å². The van der Waals surface area contributed by atoms with Crippen LogP contribution in [0.15, 0.2) is 42.5 Å². The lowest BCUT2D eigenvalue weighted by atomic mass is 9.85. The van der Waals surface area contributed by atoms with Gasteiger partial charge in [0, 0.05) is 32.1 Å². The van der Waals surface area contributed by atoms with Crippen molar-refractivity contribution in [3.63, 3.8) is 0 Å². The van der Waals surface area contributed by atoms with E-state index in [0.29, 0.717) is 6.54 Å². The SMILES string of the molecule is Cl.O=C(C1CNC1)N1CC[C@@H](c2ccc3ccccc3c2)[C@H](O)C1. The fourth-order valence-corrected chi connectivity index (χ4v) is 3.68. The molecule has 2 aromatic carbocycles. The Kier molecular flexibility index (Phi) is 5.09. The molecule has 4 nitrogen and oxygen atoms in total. The Bertz CT molecular complexity index is 732. The van der Waals surface area contributed by atoms with Crippen molar-refractivity contribution in [2.45, 2.75) is 18.4 Å². The van der Waals surface area contributed by atoms with Gasteiger partial charge in [0.15, 0.2) is 0 Å². The number of benzene rings is 2. The number of fused-ring (bicyclic) bond motifs is 1. The van der Waals surface area contributed by atoms with Crippen LogP contribution in [0.5, 0.6) is 0 Å². The maximum absolute atomic E-state index is 12.3. The second-order valence-electron chi connectivity index (χ2n) is 6.71. The molecule has 2 N–H and O–H groups in total. The average molecular weight is 347 g/mol. The summed E-state index contributed by atoms with van der Waals surface area (Å²) in [5, 5.41) is 16.1. The first-order valence-corrected chi connectivity index (χ1v) is 8.38. The van der Waals surface area contributed by atoms with Crippen LogP contribution >= 0.6 is 12.4 Å². The minimum atomic E-state index is -0.484. The molecule has 2 saturated heterocycles. The van der Waals surface area contributed by atoms with E-state index in [1.54, 1.807) is 0 Å². The lowest BCUT2D eigenvalue weighted by Crippen LogP contribution is -2.55. The molecular weight excluding hydrogens is 324 g/mol. The molecule has 1 amide bonds. The molecule has 4 rings (SSSR count). The molecule has 2 aromatic rings. The lowest BCUT2D eigenvalue weighted by Gasteiger charge is -2.39. The van der Waals surface area contributed by atoms with Gasteiger partial charge < -0.3 is 15.3 Å². The van der Waals surface area contributed by atoms with Gasteiger partial charge in [-0.1, -0.05) is 42.5 Å². The highest BCUT2D eigenvalue weighted by Gasteiger charge is 2.35. The highest BCUT2D eigenvalue weighted by Crippen LogP contribution is 2.31. The van der Waals surface area contributed by atoms with Crippen molar-refractivity contribution < 1.29 is 9.90 Å². The van der Waals surface area contributed by atoms with Gasteiger partial charge >= 0.3 is 0 Å². The number of halogens is 1. The fraction of sp³-hybridized carbons (Fsp3) is 0.421. The highest BCUT2D eigenvalue weighted by atomic mass is 35.5. The van der Waals surface area contributed by atoms with E-state index in [1.165, 1.54) is 16.3 Å². The van der Waals surface area contributed by atoms with E-state index < -0.39 is 6.10 Å². The molecule has 0 spiro atoms. The largest absolute Gasteiger partial charge is 0.391 e. The minimum Gasteiger partial charge on any atom is -0.391 e. The van der Waals surface area contributed by atoms with Crippen LogP contribution in [0.1, 0.15) is 17.9 Å². The van der Waals surface area contributed by atoms with Gasteiger partial charge in [0.1, 0.15) is 0 Å². The van der Waals surface area contributed by atoms with Crippen molar-refractivity contribution in [2.24, 2.45) is 5.92 Å². The van der Waals surface area contributed by atoms with Crippen LogP contribution in [-0.4, -0.2) is 48.2 Å². The number of hydrogen-bond donors (Lipinski definition) is 2. The maximum atomic E-state index is 12.3. The number of aliphatic hydroxyl groups excluding tert-OH is 1. The number of likely N-dealkylation sites (tertiary alicyclic amines) is 1. The third kappa shape index (κ3) is 3.14. The van der Waals surface area contributed by atoms with Crippen LogP contribution in [-0.2, 0) is 4.79 Å². The highest BCUT2D eigenvalue weighted by molar-refractivity contribution is 5.85. The van der Waals surface area contributed by atoms with Gasteiger partial charge in [-0.15, -0.1) is 12.4 Å². The van der Waals surface area contributed by atoms with Crippen molar-refractivity contribution >= 4 is 29.1 Å². The number of aliphatic hydroxyl groups is 1. The predicted octanol–water partition coefficient (Wildman–Crippen LogP) is 2.16. The zero-order valence-corrected chi connectivity index (χ0v) is 14.3. The molecule has 0 unspecified atom stereocenters. The number of β-amino-alcohol motifs (C(OH)–C–C–N with tert-alkyl or cyclic N) is 1. The van der Waals surface area contributed by atoms with Crippen LogP contribution in [0.2, 0.25) is 0 Å². The molecule has 2 aliphatic rings. The third-order valence-electron chi connectivity index (χ3n) is 5.23. The Balaban J connectivity index is 0.00000169. The summed E-state index contributed by atoms with van der Waals surface area (Å²) < 4.78 is 0. The molecule has 2 aliphatic heterocycles. The van der Waals surface area contributed by atoms with Gasteiger partial charge in [0.05, 0.1) is 12.0 Å². The molecule has 2 atom stereocenters. The van der Waals surface area contributed by atoms with Crippen molar-refractivity contribution in [2.75, 3.05) is 26.2 Å². The molecule has 2 heterocycles. The summed E-state index contributed by atoms with van der Waals surface area (Å²) >= 11 is 0. The Morgan fingerprint density at radius 3 is 2.54 bits per heavy atom. The smallest absolute Gasteiger partial charge is 0.228 e. The van der Waals surface area contributed by atoms with E-state index in [-0.39, 0.29) is 30.2 Å². The van der Waals surface area contributed by atoms with E-state index in [9.17, 15) is 9.90 Å². The van der Waals surface area contributed by atoms with E-state index >= 15 is 0 Å². The van der Waals surface area contributed by atoms with Crippen LogP contribution in [0, 0.1) is 5.92 Å². The molecule has 0 radical (unpaired) electrons. The van der Waals surface area contributed by atoms with Crippen LogP contribution in [0.4, 0.5) is 0 Å². The molecule has 0 bridgehead atoms. The first-order valence-electron chi connectivity index (χ1n) is 8.38. The van der Waals surface area contributed by atoms with Crippen molar-refractivity contribution in [1.82, 2.24) is 10.2 Å². The Morgan fingerprint density at radius 2 is 1.88 bits per heavy atom. The van der Waals surface area contributed by atoms with Gasteiger partial charge in [-0.05, 0) is 22.8 Å². The number of nitrogens with one attached hydrogen (secondary N) is 1. The fourth-order valence-electron chi connectivity index (χ4n) is 3.68. The molecular formula is C19H23ClN2O2.